The SMILES string of the molecule is COc1ccc([C@H]2c3sc(=O)n(CC(=O)N4CCOCC4)c3SC3C(=O)N(c4ccccc4)C(=O)C32)cc1. The van der Waals surface area contributed by atoms with Crippen LogP contribution in [0.15, 0.2) is 64.4 Å². The number of anilines is 1. The Hall–Kier alpha value is -3.41. The number of imide groups is 1. The van der Waals surface area contributed by atoms with Crippen LogP contribution in [0.2, 0.25) is 0 Å². The Balaban J connectivity index is 1.43. The minimum atomic E-state index is -0.721. The van der Waals surface area contributed by atoms with Crippen molar-refractivity contribution in [3.63, 3.8) is 0 Å². The molecule has 4 heterocycles. The van der Waals surface area contributed by atoms with Crippen LogP contribution in [0.1, 0.15) is 16.4 Å². The van der Waals surface area contributed by atoms with Gasteiger partial charge in [-0.25, -0.2) is 4.90 Å². The minimum absolute atomic E-state index is 0.116. The number of amides is 3. The number of nitrogens with zero attached hydrogens (tertiary/aromatic N) is 3. The summed E-state index contributed by atoms with van der Waals surface area (Å²) in [6.07, 6.45) is 0. The summed E-state index contributed by atoms with van der Waals surface area (Å²) in [7, 11) is 1.58. The van der Waals surface area contributed by atoms with E-state index in [9.17, 15) is 19.2 Å². The Kier molecular flexibility index (Phi) is 6.58. The molecule has 38 heavy (non-hydrogen) atoms. The molecule has 2 unspecified atom stereocenters. The second kappa shape index (κ2) is 10.0. The molecule has 2 fully saturated rings. The number of fused-ring (bicyclic) bond motifs is 2. The number of rotatable bonds is 5. The van der Waals surface area contributed by atoms with Crippen molar-refractivity contribution in [3.8, 4) is 5.75 Å². The maximum Gasteiger partial charge on any atom is 0.308 e. The normalized spacial score (nSPS) is 22.8. The maximum atomic E-state index is 13.9. The second-order valence-corrected chi connectivity index (χ2v) is 11.4. The summed E-state index contributed by atoms with van der Waals surface area (Å²) in [5.41, 5.74) is 1.33. The summed E-state index contributed by atoms with van der Waals surface area (Å²) < 4.78 is 12.1. The van der Waals surface area contributed by atoms with E-state index in [0.717, 1.165) is 16.9 Å². The first-order chi connectivity index (χ1) is 18.5. The number of carbonyl (C=O) groups excluding carboxylic acids is 3. The molecule has 2 aromatic carbocycles. The molecule has 0 bridgehead atoms. The highest BCUT2D eigenvalue weighted by atomic mass is 32.2. The minimum Gasteiger partial charge on any atom is -0.497 e. The van der Waals surface area contributed by atoms with Crippen LogP contribution in [-0.2, 0) is 25.7 Å². The van der Waals surface area contributed by atoms with Gasteiger partial charge in [-0.05, 0) is 29.8 Å². The predicted octanol–water partition coefficient (Wildman–Crippen LogP) is 2.57. The van der Waals surface area contributed by atoms with Crippen LogP contribution in [0.4, 0.5) is 5.69 Å². The van der Waals surface area contributed by atoms with Crippen molar-refractivity contribution in [2.24, 2.45) is 5.92 Å². The van der Waals surface area contributed by atoms with Crippen molar-refractivity contribution in [2.75, 3.05) is 38.3 Å². The van der Waals surface area contributed by atoms with E-state index in [1.54, 1.807) is 36.3 Å². The number of carbonyl (C=O) groups is 3. The number of para-hydroxylation sites is 1. The molecular formula is C27H25N3O6S2. The Bertz CT molecular complexity index is 1450. The van der Waals surface area contributed by atoms with Crippen molar-refractivity contribution >= 4 is 46.5 Å². The fourth-order valence-corrected chi connectivity index (χ4v) is 8.08. The zero-order valence-electron chi connectivity index (χ0n) is 20.6. The van der Waals surface area contributed by atoms with Gasteiger partial charge in [0.15, 0.2) is 0 Å². The molecule has 0 spiro atoms. The third-order valence-corrected chi connectivity index (χ3v) is 9.80. The maximum absolute atomic E-state index is 13.9. The first-order valence-electron chi connectivity index (χ1n) is 12.3. The lowest BCUT2D eigenvalue weighted by molar-refractivity contribution is -0.136. The third kappa shape index (κ3) is 4.14. The lowest BCUT2D eigenvalue weighted by Crippen LogP contribution is -2.43. The van der Waals surface area contributed by atoms with Gasteiger partial charge in [0.2, 0.25) is 17.7 Å². The first kappa shape index (κ1) is 24.9. The van der Waals surface area contributed by atoms with E-state index >= 15 is 0 Å². The van der Waals surface area contributed by atoms with E-state index in [0.29, 0.717) is 47.6 Å². The number of hydrogen-bond acceptors (Lipinski definition) is 8. The molecule has 11 heteroatoms. The molecule has 3 atom stereocenters. The van der Waals surface area contributed by atoms with Gasteiger partial charge in [0.05, 0.1) is 37.0 Å². The lowest BCUT2D eigenvalue weighted by atomic mass is 9.83. The molecule has 1 aromatic heterocycles. The fraction of sp³-hybridized carbons (Fsp3) is 0.333. The lowest BCUT2D eigenvalue weighted by Gasteiger charge is -2.31. The molecule has 3 aliphatic heterocycles. The highest BCUT2D eigenvalue weighted by molar-refractivity contribution is 8.00. The third-order valence-electron chi connectivity index (χ3n) is 7.20. The molecule has 0 saturated carbocycles. The van der Waals surface area contributed by atoms with Crippen LogP contribution in [0, 0.1) is 5.92 Å². The van der Waals surface area contributed by atoms with Crippen LogP contribution >= 0.6 is 23.1 Å². The number of methoxy groups -OCH3 is 1. The fourth-order valence-electron chi connectivity index (χ4n) is 5.31. The summed E-state index contributed by atoms with van der Waals surface area (Å²) in [4.78, 5) is 57.3. The van der Waals surface area contributed by atoms with E-state index in [4.69, 9.17) is 9.47 Å². The number of hydrogen-bond donors (Lipinski definition) is 0. The zero-order valence-corrected chi connectivity index (χ0v) is 22.2. The average molecular weight is 552 g/mol. The number of thiazole rings is 1. The molecule has 0 N–H and O–H groups in total. The average Bonchev–Trinajstić information content (AvgIpc) is 3.40. The summed E-state index contributed by atoms with van der Waals surface area (Å²) in [6.45, 7) is 1.77. The van der Waals surface area contributed by atoms with Crippen LogP contribution in [0.25, 0.3) is 0 Å². The summed E-state index contributed by atoms with van der Waals surface area (Å²) in [6, 6.07) is 16.3. The molecule has 6 rings (SSSR count). The largest absolute Gasteiger partial charge is 0.497 e. The predicted molar refractivity (Wildman–Crippen MR) is 143 cm³/mol. The van der Waals surface area contributed by atoms with Crippen molar-refractivity contribution in [3.05, 3.63) is 74.7 Å². The second-order valence-electron chi connectivity index (χ2n) is 9.28. The van der Waals surface area contributed by atoms with E-state index < -0.39 is 17.1 Å². The first-order valence-corrected chi connectivity index (χ1v) is 14.0. The van der Waals surface area contributed by atoms with Gasteiger partial charge in [-0.3, -0.25) is 23.7 Å². The van der Waals surface area contributed by atoms with E-state index in [-0.39, 0.29) is 29.1 Å². The molecule has 3 aliphatic rings. The van der Waals surface area contributed by atoms with Gasteiger partial charge >= 0.3 is 4.87 Å². The quantitative estimate of drug-likeness (QED) is 0.450. The summed E-state index contributed by atoms with van der Waals surface area (Å²) in [5, 5.41) is -0.138. The van der Waals surface area contributed by atoms with Crippen LogP contribution < -0.4 is 14.5 Å². The molecule has 0 aliphatic carbocycles. The molecule has 9 nitrogen and oxygen atoms in total. The molecular weight excluding hydrogens is 526 g/mol. The topological polar surface area (TPSA) is 98.2 Å². The Morgan fingerprint density at radius 1 is 1.00 bits per heavy atom. The number of aromatic nitrogens is 1. The van der Waals surface area contributed by atoms with E-state index in [1.807, 2.05) is 30.3 Å². The van der Waals surface area contributed by atoms with Gasteiger partial charge in [-0.15, -0.1) is 0 Å². The molecule has 196 valence electrons. The number of thioether (sulfide) groups is 1. The molecule has 0 radical (unpaired) electrons. The molecule has 3 aromatic rings. The Labute approximate surface area is 226 Å². The smallest absolute Gasteiger partial charge is 0.308 e. The Morgan fingerprint density at radius 2 is 1.71 bits per heavy atom. The molecule has 3 amide bonds. The van der Waals surface area contributed by atoms with Crippen LogP contribution in [-0.4, -0.2) is 65.9 Å². The Morgan fingerprint density at radius 3 is 2.39 bits per heavy atom. The highest BCUT2D eigenvalue weighted by Gasteiger charge is 2.56. The van der Waals surface area contributed by atoms with Crippen LogP contribution in [0.3, 0.4) is 0 Å². The monoisotopic (exact) mass is 551 g/mol. The molecule has 2 saturated heterocycles. The van der Waals surface area contributed by atoms with Crippen molar-refractivity contribution < 1.29 is 23.9 Å². The van der Waals surface area contributed by atoms with Gasteiger partial charge in [0.1, 0.15) is 17.5 Å². The summed E-state index contributed by atoms with van der Waals surface area (Å²) in [5.74, 6) is -1.30. The van der Waals surface area contributed by atoms with Gasteiger partial charge in [-0.2, -0.15) is 0 Å². The summed E-state index contributed by atoms with van der Waals surface area (Å²) >= 11 is 2.27. The van der Waals surface area contributed by atoms with Crippen molar-refractivity contribution in [1.82, 2.24) is 9.47 Å². The van der Waals surface area contributed by atoms with Crippen molar-refractivity contribution in [2.45, 2.75) is 22.7 Å². The van der Waals surface area contributed by atoms with E-state index in [1.165, 1.54) is 21.2 Å². The van der Waals surface area contributed by atoms with Gasteiger partial charge in [0, 0.05) is 23.9 Å². The van der Waals surface area contributed by atoms with Crippen molar-refractivity contribution in [1.29, 1.82) is 0 Å². The number of morpholine rings is 1. The van der Waals surface area contributed by atoms with Gasteiger partial charge in [-0.1, -0.05) is 53.4 Å². The van der Waals surface area contributed by atoms with Crippen LogP contribution in [0.5, 0.6) is 5.75 Å². The highest BCUT2D eigenvalue weighted by Crippen LogP contribution is 2.54. The zero-order chi connectivity index (χ0) is 26.4. The standard InChI is InChI=1S/C27H25N3O6S2/c1-35-18-9-7-16(8-10-18)20-21-22(25(33)30(24(21)32)17-5-3-2-4-6-17)37-26-23(20)38-27(34)29(26)15-19(31)28-11-13-36-14-12-28/h2-10,20-22H,11-15H2,1H3/t20-,21?,22?/m1/s1. The van der Waals surface area contributed by atoms with Gasteiger partial charge < -0.3 is 14.4 Å². The number of benzene rings is 2. The number of ether oxygens (including phenoxy) is 2. The van der Waals surface area contributed by atoms with E-state index in [2.05, 4.69) is 0 Å². The van der Waals surface area contributed by atoms with Gasteiger partial charge in [0.25, 0.3) is 0 Å².